The molecule has 2 heterocycles. The Morgan fingerprint density at radius 1 is 1.24 bits per heavy atom. The number of benzene rings is 1. The Bertz CT molecular complexity index is 818. The summed E-state index contributed by atoms with van der Waals surface area (Å²) in [6, 6.07) is 10.8. The van der Waals surface area contributed by atoms with Crippen molar-refractivity contribution in [3.05, 3.63) is 63.5 Å². The number of amides is 1. The van der Waals surface area contributed by atoms with Crippen LogP contribution in [-0.4, -0.2) is 20.5 Å². The fourth-order valence-electron chi connectivity index (χ4n) is 1.95. The molecule has 0 saturated carbocycles. The van der Waals surface area contributed by atoms with Crippen LogP contribution >= 0.6 is 27.5 Å². The summed E-state index contributed by atoms with van der Waals surface area (Å²) in [6.07, 6.45) is 1.85. The largest absolute Gasteiger partial charge is 0.345 e. The van der Waals surface area contributed by atoms with E-state index in [9.17, 15) is 4.79 Å². The van der Waals surface area contributed by atoms with Gasteiger partial charge >= 0.3 is 0 Å². The van der Waals surface area contributed by atoms with Crippen LogP contribution in [0.5, 0.6) is 0 Å². The van der Waals surface area contributed by atoms with Gasteiger partial charge in [-0.1, -0.05) is 23.7 Å². The number of hydrogen-bond acceptors (Lipinski definition) is 3. The van der Waals surface area contributed by atoms with Gasteiger partial charge in [0.25, 0.3) is 5.91 Å². The molecule has 3 aromatic rings. The van der Waals surface area contributed by atoms with E-state index < -0.39 is 0 Å². The van der Waals surface area contributed by atoms with Crippen LogP contribution in [0.3, 0.4) is 0 Å². The first kappa shape index (κ1) is 14.0. The normalized spacial score (nSPS) is 10.8. The molecule has 2 aromatic heterocycles. The van der Waals surface area contributed by atoms with Crippen LogP contribution in [0.15, 0.2) is 47.1 Å². The van der Waals surface area contributed by atoms with E-state index in [-0.39, 0.29) is 12.5 Å². The molecule has 1 aromatic carbocycles. The van der Waals surface area contributed by atoms with Crippen LogP contribution in [0.1, 0.15) is 16.2 Å². The van der Waals surface area contributed by atoms with E-state index in [0.717, 1.165) is 5.65 Å². The van der Waals surface area contributed by atoms with E-state index in [1.54, 1.807) is 18.2 Å². The zero-order valence-electron chi connectivity index (χ0n) is 10.8. The van der Waals surface area contributed by atoms with Gasteiger partial charge in [0, 0.05) is 10.7 Å². The molecule has 0 aliphatic heterocycles. The van der Waals surface area contributed by atoms with E-state index in [1.165, 1.54) is 0 Å². The number of carbonyl (C=O) groups is 1. The minimum atomic E-state index is -0.256. The summed E-state index contributed by atoms with van der Waals surface area (Å²) < 4.78 is 2.51. The van der Waals surface area contributed by atoms with Gasteiger partial charge in [0.1, 0.15) is 0 Å². The molecule has 0 unspecified atom stereocenters. The monoisotopic (exact) mass is 364 g/mol. The standard InChI is InChI=1S/C14H10BrClN4O/c15-10-5-3-4-9(13(10)16)14(21)17-8-12-19-18-11-6-1-2-7-20(11)12/h1-7H,8H2,(H,17,21). The topological polar surface area (TPSA) is 59.3 Å². The molecule has 0 fully saturated rings. The fraction of sp³-hybridized carbons (Fsp3) is 0.0714. The molecule has 0 aliphatic carbocycles. The number of nitrogens with zero attached hydrogens (tertiary/aromatic N) is 3. The molecule has 0 saturated heterocycles. The van der Waals surface area contributed by atoms with Crippen molar-refractivity contribution < 1.29 is 4.79 Å². The van der Waals surface area contributed by atoms with Crippen molar-refractivity contribution in [2.75, 3.05) is 0 Å². The van der Waals surface area contributed by atoms with Gasteiger partial charge in [-0.05, 0) is 40.2 Å². The third kappa shape index (κ3) is 2.77. The molecule has 106 valence electrons. The van der Waals surface area contributed by atoms with Crippen molar-refractivity contribution in [1.29, 1.82) is 0 Å². The number of carbonyl (C=O) groups excluding carboxylic acids is 1. The second kappa shape index (κ2) is 5.83. The number of hydrogen-bond donors (Lipinski definition) is 1. The summed E-state index contributed by atoms with van der Waals surface area (Å²) in [5, 5.41) is 11.3. The number of nitrogens with one attached hydrogen (secondary N) is 1. The minimum absolute atomic E-state index is 0.256. The van der Waals surface area contributed by atoms with Gasteiger partial charge in [0.05, 0.1) is 17.1 Å². The molecule has 3 rings (SSSR count). The maximum Gasteiger partial charge on any atom is 0.253 e. The number of pyridine rings is 1. The van der Waals surface area contributed by atoms with Crippen LogP contribution < -0.4 is 5.32 Å². The highest BCUT2D eigenvalue weighted by Crippen LogP contribution is 2.25. The predicted molar refractivity (Wildman–Crippen MR) is 83.3 cm³/mol. The van der Waals surface area contributed by atoms with E-state index in [2.05, 4.69) is 31.4 Å². The number of rotatable bonds is 3. The van der Waals surface area contributed by atoms with Crippen molar-refractivity contribution in [3.8, 4) is 0 Å². The lowest BCUT2D eigenvalue weighted by molar-refractivity contribution is 0.0950. The zero-order chi connectivity index (χ0) is 14.8. The summed E-state index contributed by atoms with van der Waals surface area (Å²) in [4.78, 5) is 12.2. The molecular weight excluding hydrogens is 356 g/mol. The van der Waals surface area contributed by atoms with Crippen molar-refractivity contribution in [2.24, 2.45) is 0 Å². The molecule has 1 amide bonds. The van der Waals surface area contributed by atoms with E-state index in [0.29, 0.717) is 20.9 Å². The van der Waals surface area contributed by atoms with Crippen molar-refractivity contribution in [1.82, 2.24) is 19.9 Å². The molecule has 0 atom stereocenters. The summed E-state index contributed by atoms with van der Waals surface area (Å²) in [6.45, 7) is 0.271. The number of aromatic nitrogens is 3. The molecule has 21 heavy (non-hydrogen) atoms. The molecule has 0 aliphatic rings. The minimum Gasteiger partial charge on any atom is -0.345 e. The molecule has 0 bridgehead atoms. The van der Waals surface area contributed by atoms with Crippen LogP contribution in [0.2, 0.25) is 5.02 Å². The van der Waals surface area contributed by atoms with Crippen LogP contribution in [0.25, 0.3) is 5.65 Å². The molecule has 0 spiro atoms. The van der Waals surface area contributed by atoms with Crippen LogP contribution in [-0.2, 0) is 6.54 Å². The Morgan fingerprint density at radius 2 is 2.10 bits per heavy atom. The first-order valence-electron chi connectivity index (χ1n) is 6.17. The fourth-order valence-corrected chi connectivity index (χ4v) is 2.52. The van der Waals surface area contributed by atoms with Gasteiger partial charge in [-0.2, -0.15) is 0 Å². The summed E-state index contributed by atoms with van der Waals surface area (Å²) in [7, 11) is 0. The van der Waals surface area contributed by atoms with Crippen molar-refractivity contribution in [3.63, 3.8) is 0 Å². The van der Waals surface area contributed by atoms with Gasteiger partial charge < -0.3 is 5.32 Å². The van der Waals surface area contributed by atoms with Crippen molar-refractivity contribution in [2.45, 2.75) is 6.54 Å². The lowest BCUT2D eigenvalue weighted by Gasteiger charge is -2.07. The Kier molecular flexibility index (Phi) is 3.90. The maximum absolute atomic E-state index is 12.2. The Hall–Kier alpha value is -1.92. The molecule has 5 nitrogen and oxygen atoms in total. The summed E-state index contributed by atoms with van der Waals surface area (Å²) >= 11 is 9.40. The molecule has 0 radical (unpaired) electrons. The van der Waals surface area contributed by atoms with E-state index in [1.807, 2.05) is 28.8 Å². The van der Waals surface area contributed by atoms with E-state index >= 15 is 0 Å². The summed E-state index contributed by atoms with van der Waals surface area (Å²) in [5.41, 5.74) is 1.15. The van der Waals surface area contributed by atoms with Gasteiger partial charge in [-0.15, -0.1) is 10.2 Å². The number of fused-ring (bicyclic) bond motifs is 1. The maximum atomic E-state index is 12.2. The quantitative estimate of drug-likeness (QED) is 0.776. The molecule has 7 heteroatoms. The SMILES string of the molecule is O=C(NCc1nnc2ccccn12)c1cccc(Br)c1Cl. The lowest BCUT2D eigenvalue weighted by Crippen LogP contribution is -2.24. The zero-order valence-corrected chi connectivity index (χ0v) is 13.1. The number of halogens is 2. The first-order chi connectivity index (χ1) is 10.2. The third-order valence-electron chi connectivity index (χ3n) is 2.99. The average molecular weight is 366 g/mol. The Labute approximate surface area is 134 Å². The van der Waals surface area contributed by atoms with Crippen molar-refractivity contribution >= 4 is 39.1 Å². The predicted octanol–water partition coefficient (Wildman–Crippen LogP) is 3.08. The Balaban J connectivity index is 1.78. The second-order valence-corrected chi connectivity index (χ2v) is 5.56. The highest BCUT2D eigenvalue weighted by Gasteiger charge is 2.13. The highest BCUT2D eigenvalue weighted by molar-refractivity contribution is 9.10. The van der Waals surface area contributed by atoms with Gasteiger partial charge in [-0.25, -0.2) is 0 Å². The third-order valence-corrected chi connectivity index (χ3v) is 4.28. The summed E-state index contributed by atoms with van der Waals surface area (Å²) in [5.74, 6) is 0.402. The lowest BCUT2D eigenvalue weighted by atomic mass is 10.2. The van der Waals surface area contributed by atoms with Gasteiger partial charge in [-0.3, -0.25) is 9.20 Å². The van der Waals surface area contributed by atoms with Crippen LogP contribution in [0, 0.1) is 0 Å². The second-order valence-electron chi connectivity index (χ2n) is 4.33. The average Bonchev–Trinajstić information content (AvgIpc) is 2.91. The highest BCUT2D eigenvalue weighted by atomic mass is 79.9. The molecular formula is C14H10BrClN4O. The smallest absolute Gasteiger partial charge is 0.253 e. The Morgan fingerprint density at radius 3 is 2.95 bits per heavy atom. The van der Waals surface area contributed by atoms with Gasteiger partial charge in [0.15, 0.2) is 11.5 Å². The van der Waals surface area contributed by atoms with E-state index in [4.69, 9.17) is 11.6 Å². The molecule has 1 N–H and O–H groups in total. The first-order valence-corrected chi connectivity index (χ1v) is 7.35. The van der Waals surface area contributed by atoms with Crippen LogP contribution in [0.4, 0.5) is 0 Å². The van der Waals surface area contributed by atoms with Gasteiger partial charge in [0.2, 0.25) is 0 Å².